The highest BCUT2D eigenvalue weighted by Crippen LogP contribution is 2.18. The predicted molar refractivity (Wildman–Crippen MR) is 33.0 cm³/mol. The van der Waals surface area contributed by atoms with E-state index < -0.39 is 0 Å². The molecule has 46 valence electrons. The molecule has 0 aromatic carbocycles. The van der Waals surface area contributed by atoms with Gasteiger partial charge in [0.05, 0.1) is 6.20 Å². The highest BCUT2D eigenvalue weighted by atomic mass is 16.5. The Hall–Kier alpha value is -1.25. The average molecular weight is 122 g/mol. The molecule has 0 atom stereocenters. The Labute approximate surface area is 52.3 Å². The Morgan fingerprint density at radius 2 is 2.67 bits per heavy atom. The molecule has 3 nitrogen and oxygen atoms in total. The van der Waals surface area contributed by atoms with Crippen LogP contribution in [0, 0.1) is 0 Å². The third kappa shape index (κ3) is 0.614. The summed E-state index contributed by atoms with van der Waals surface area (Å²) in [5.41, 5.74) is 1.12. The molecule has 1 aliphatic rings. The number of nitrogens with zero attached hydrogens (tertiary/aromatic N) is 1. The first-order valence-corrected chi connectivity index (χ1v) is 2.82. The van der Waals surface area contributed by atoms with E-state index in [0.29, 0.717) is 0 Å². The van der Waals surface area contributed by atoms with Gasteiger partial charge in [-0.25, -0.2) is 0 Å². The van der Waals surface area contributed by atoms with E-state index in [2.05, 4.69) is 10.5 Å². The number of aromatic nitrogens is 1. The maximum absolute atomic E-state index is 4.84. The molecule has 0 saturated carbocycles. The molecule has 0 aliphatic carbocycles. The van der Waals surface area contributed by atoms with Crippen LogP contribution in [0.25, 0.3) is 0 Å². The summed E-state index contributed by atoms with van der Waals surface area (Å²) >= 11 is 0. The molecule has 1 aromatic rings. The van der Waals surface area contributed by atoms with Crippen molar-refractivity contribution >= 4 is 5.88 Å². The van der Waals surface area contributed by atoms with Crippen LogP contribution >= 0.6 is 0 Å². The number of anilines is 1. The van der Waals surface area contributed by atoms with Crippen LogP contribution in [0.5, 0.6) is 0 Å². The van der Waals surface area contributed by atoms with Crippen LogP contribution in [0.4, 0.5) is 5.88 Å². The zero-order valence-electron chi connectivity index (χ0n) is 4.79. The van der Waals surface area contributed by atoms with Gasteiger partial charge in [-0.1, -0.05) is 11.2 Å². The molecule has 3 heteroatoms. The molecule has 1 aromatic heterocycles. The van der Waals surface area contributed by atoms with Crippen molar-refractivity contribution in [2.45, 2.75) is 6.42 Å². The van der Waals surface area contributed by atoms with Crippen LogP contribution < -0.4 is 5.32 Å². The number of hydrogen-bond donors (Lipinski definition) is 1. The molecule has 2 rings (SSSR count). The van der Waals surface area contributed by atoms with Crippen molar-refractivity contribution < 1.29 is 4.52 Å². The molecule has 0 bridgehead atoms. The lowest BCUT2D eigenvalue weighted by atomic mass is 10.2. The van der Waals surface area contributed by atoms with Gasteiger partial charge >= 0.3 is 0 Å². The van der Waals surface area contributed by atoms with Crippen LogP contribution in [0.1, 0.15) is 5.56 Å². The fraction of sp³-hybridized carbons (Fsp3) is 0.167. The van der Waals surface area contributed by atoms with E-state index in [4.69, 9.17) is 4.52 Å². The number of hydrogen-bond acceptors (Lipinski definition) is 3. The normalized spacial score (nSPS) is 14.7. The molecule has 1 aliphatic heterocycles. The summed E-state index contributed by atoms with van der Waals surface area (Å²) in [4.78, 5) is 0. The summed E-state index contributed by atoms with van der Waals surface area (Å²) in [6.45, 7) is 0. The van der Waals surface area contributed by atoms with Crippen molar-refractivity contribution in [2.24, 2.45) is 0 Å². The molecule has 0 unspecified atom stereocenters. The smallest absolute Gasteiger partial charge is 0.232 e. The number of fused-ring (bicyclic) bond motifs is 1. The highest BCUT2D eigenvalue weighted by molar-refractivity contribution is 5.45. The van der Waals surface area contributed by atoms with Crippen LogP contribution in [0.2, 0.25) is 0 Å². The van der Waals surface area contributed by atoms with Crippen molar-refractivity contribution in [3.63, 3.8) is 0 Å². The summed E-state index contributed by atoms with van der Waals surface area (Å²) in [5.74, 6) is 0.775. The summed E-state index contributed by atoms with van der Waals surface area (Å²) in [7, 11) is 0. The van der Waals surface area contributed by atoms with E-state index in [9.17, 15) is 0 Å². The minimum atomic E-state index is 0.775. The molecular weight excluding hydrogens is 116 g/mol. The predicted octanol–water partition coefficient (Wildman–Crippen LogP) is 1.16. The lowest BCUT2D eigenvalue weighted by Gasteiger charge is -2.01. The zero-order valence-corrected chi connectivity index (χ0v) is 4.79. The Morgan fingerprint density at radius 3 is 3.56 bits per heavy atom. The first-order valence-electron chi connectivity index (χ1n) is 2.82. The molecular formula is C6H6N2O. The fourth-order valence-electron chi connectivity index (χ4n) is 0.845. The van der Waals surface area contributed by atoms with Crippen molar-refractivity contribution in [1.82, 2.24) is 5.16 Å². The van der Waals surface area contributed by atoms with Crippen LogP contribution in [-0.4, -0.2) is 5.16 Å². The van der Waals surface area contributed by atoms with Crippen molar-refractivity contribution in [2.75, 3.05) is 5.32 Å². The van der Waals surface area contributed by atoms with Crippen molar-refractivity contribution in [1.29, 1.82) is 0 Å². The first-order chi connectivity index (χ1) is 4.47. The summed E-state index contributed by atoms with van der Waals surface area (Å²) in [5, 5.41) is 6.56. The quantitative estimate of drug-likeness (QED) is 0.561. The van der Waals surface area contributed by atoms with E-state index in [-0.39, 0.29) is 0 Å². The maximum Gasteiger partial charge on any atom is 0.232 e. The minimum absolute atomic E-state index is 0.775. The molecule has 0 radical (unpaired) electrons. The SMILES string of the molecule is C1=CNc2oncc2C1. The van der Waals surface area contributed by atoms with Gasteiger partial charge in [-0.05, 0) is 6.42 Å². The fourth-order valence-corrected chi connectivity index (χ4v) is 0.845. The highest BCUT2D eigenvalue weighted by Gasteiger charge is 2.06. The van der Waals surface area contributed by atoms with E-state index >= 15 is 0 Å². The third-order valence-corrected chi connectivity index (χ3v) is 1.31. The van der Waals surface area contributed by atoms with Gasteiger partial charge in [0, 0.05) is 11.8 Å². The molecule has 9 heavy (non-hydrogen) atoms. The van der Waals surface area contributed by atoms with Crippen LogP contribution in [-0.2, 0) is 6.42 Å². The lowest BCUT2D eigenvalue weighted by molar-refractivity contribution is 0.434. The zero-order chi connectivity index (χ0) is 6.10. The van der Waals surface area contributed by atoms with E-state index in [1.165, 1.54) is 0 Å². The molecule has 0 spiro atoms. The van der Waals surface area contributed by atoms with Gasteiger partial charge in [0.15, 0.2) is 0 Å². The largest absolute Gasteiger partial charge is 0.338 e. The lowest BCUT2D eigenvalue weighted by Crippen LogP contribution is -1.94. The molecule has 0 amide bonds. The second kappa shape index (κ2) is 1.62. The van der Waals surface area contributed by atoms with Gasteiger partial charge in [0.2, 0.25) is 5.88 Å². The van der Waals surface area contributed by atoms with Gasteiger partial charge in [-0.2, -0.15) is 0 Å². The summed E-state index contributed by atoms with van der Waals surface area (Å²) < 4.78 is 4.84. The molecule has 0 saturated heterocycles. The topological polar surface area (TPSA) is 38.1 Å². The molecule has 0 fully saturated rings. The van der Waals surface area contributed by atoms with Crippen molar-refractivity contribution in [3.8, 4) is 0 Å². The van der Waals surface area contributed by atoms with E-state index in [0.717, 1.165) is 17.9 Å². The van der Waals surface area contributed by atoms with Crippen LogP contribution in [0.15, 0.2) is 23.0 Å². The maximum atomic E-state index is 4.84. The van der Waals surface area contributed by atoms with Gasteiger partial charge in [0.1, 0.15) is 0 Å². The second-order valence-corrected chi connectivity index (χ2v) is 1.93. The number of allylic oxidation sites excluding steroid dienone is 1. The standard InChI is InChI=1S/C6H6N2O/c1-2-5-4-8-9-6(5)7-3-1/h1,3-4,7H,2H2. The second-order valence-electron chi connectivity index (χ2n) is 1.93. The Morgan fingerprint density at radius 1 is 1.67 bits per heavy atom. The molecule has 1 N–H and O–H groups in total. The Balaban J connectivity index is 2.46. The number of nitrogens with one attached hydrogen (secondary N) is 1. The Kier molecular flexibility index (Phi) is 0.828. The monoisotopic (exact) mass is 122 g/mol. The van der Waals surface area contributed by atoms with Gasteiger partial charge < -0.3 is 9.84 Å². The summed E-state index contributed by atoms with van der Waals surface area (Å²) in [6, 6.07) is 0. The van der Waals surface area contributed by atoms with Gasteiger partial charge in [-0.3, -0.25) is 0 Å². The molecule has 2 heterocycles. The Bertz CT molecular complexity index is 216. The first kappa shape index (κ1) is 4.61. The average Bonchev–Trinajstić information content (AvgIpc) is 2.33. The summed E-state index contributed by atoms with van der Waals surface area (Å²) in [6.07, 6.45) is 6.53. The van der Waals surface area contributed by atoms with E-state index in [1.54, 1.807) is 6.20 Å². The van der Waals surface area contributed by atoms with Gasteiger partial charge in [-0.15, -0.1) is 0 Å². The van der Waals surface area contributed by atoms with E-state index in [1.807, 2.05) is 12.3 Å². The van der Waals surface area contributed by atoms with Crippen LogP contribution in [0.3, 0.4) is 0 Å². The van der Waals surface area contributed by atoms with Crippen molar-refractivity contribution in [3.05, 3.63) is 24.0 Å². The minimum Gasteiger partial charge on any atom is -0.338 e. The van der Waals surface area contributed by atoms with Gasteiger partial charge in [0.25, 0.3) is 0 Å². The number of rotatable bonds is 0. The third-order valence-electron chi connectivity index (χ3n) is 1.31.